The summed E-state index contributed by atoms with van der Waals surface area (Å²) >= 11 is 0. The summed E-state index contributed by atoms with van der Waals surface area (Å²) in [6, 6.07) is 0. The van der Waals surface area contributed by atoms with Crippen LogP contribution in [0.2, 0.25) is 0 Å². The highest BCUT2D eigenvalue weighted by Gasteiger charge is 2.28. The van der Waals surface area contributed by atoms with Gasteiger partial charge in [0.15, 0.2) is 0 Å². The molecule has 0 aromatic heterocycles. The third-order valence-corrected chi connectivity index (χ3v) is 2.46. The molecule has 0 radical (unpaired) electrons. The van der Waals surface area contributed by atoms with Crippen LogP contribution in [0.15, 0.2) is 0 Å². The van der Waals surface area contributed by atoms with Gasteiger partial charge in [0.25, 0.3) is 0 Å². The molecule has 132 valence electrons. The molecular formula is C14H22O9. The van der Waals surface area contributed by atoms with Crippen LogP contribution in [0.5, 0.6) is 0 Å². The van der Waals surface area contributed by atoms with Crippen LogP contribution in [0.1, 0.15) is 47.0 Å². The molecule has 0 rings (SSSR count). The predicted octanol–water partition coefficient (Wildman–Crippen LogP) is 0.989. The number of carboxylic acids is 1. The lowest BCUT2D eigenvalue weighted by atomic mass is 10.0. The SMILES string of the molecule is CCOC(=O)CCC(=O)OOC(C)(C)CC(C)OC(=O)C(=O)O. The molecule has 0 aromatic carbocycles. The van der Waals surface area contributed by atoms with Crippen molar-refractivity contribution in [1.82, 2.24) is 0 Å². The highest BCUT2D eigenvalue weighted by Crippen LogP contribution is 2.19. The Balaban J connectivity index is 4.16. The van der Waals surface area contributed by atoms with Crippen molar-refractivity contribution in [1.29, 1.82) is 0 Å². The molecule has 9 heteroatoms. The van der Waals surface area contributed by atoms with Crippen molar-refractivity contribution in [2.75, 3.05) is 6.61 Å². The van der Waals surface area contributed by atoms with Gasteiger partial charge in [0.05, 0.1) is 19.4 Å². The van der Waals surface area contributed by atoms with E-state index in [4.69, 9.17) is 9.99 Å². The van der Waals surface area contributed by atoms with Crippen LogP contribution in [0.25, 0.3) is 0 Å². The third kappa shape index (κ3) is 10.2. The van der Waals surface area contributed by atoms with Gasteiger partial charge in [-0.05, 0) is 27.7 Å². The summed E-state index contributed by atoms with van der Waals surface area (Å²) in [7, 11) is 0. The summed E-state index contributed by atoms with van der Waals surface area (Å²) in [5.74, 6) is -4.33. The van der Waals surface area contributed by atoms with Crippen molar-refractivity contribution in [2.45, 2.75) is 58.7 Å². The molecule has 0 amide bonds. The monoisotopic (exact) mass is 334 g/mol. The molecule has 0 bridgehead atoms. The van der Waals surface area contributed by atoms with Crippen LogP contribution in [-0.2, 0) is 38.4 Å². The fourth-order valence-corrected chi connectivity index (χ4v) is 1.64. The van der Waals surface area contributed by atoms with E-state index in [1.54, 1.807) is 20.8 Å². The third-order valence-electron chi connectivity index (χ3n) is 2.46. The van der Waals surface area contributed by atoms with Gasteiger partial charge >= 0.3 is 23.9 Å². The standard InChI is InChI=1S/C14H22O9/c1-5-20-10(15)6-7-11(16)22-23-14(3,4)8-9(2)21-13(19)12(17)18/h9H,5-8H2,1-4H3,(H,17,18). The number of carbonyl (C=O) groups excluding carboxylic acids is 3. The fourth-order valence-electron chi connectivity index (χ4n) is 1.64. The summed E-state index contributed by atoms with van der Waals surface area (Å²) in [5, 5.41) is 8.43. The summed E-state index contributed by atoms with van der Waals surface area (Å²) < 4.78 is 9.30. The predicted molar refractivity (Wildman–Crippen MR) is 74.9 cm³/mol. The van der Waals surface area contributed by atoms with E-state index in [2.05, 4.69) is 14.4 Å². The molecule has 0 saturated heterocycles. The minimum atomic E-state index is -1.69. The van der Waals surface area contributed by atoms with E-state index < -0.39 is 35.6 Å². The van der Waals surface area contributed by atoms with Gasteiger partial charge in [-0.1, -0.05) is 0 Å². The maximum Gasteiger partial charge on any atom is 0.417 e. The van der Waals surface area contributed by atoms with Gasteiger partial charge in [-0.3, -0.25) is 9.68 Å². The topological polar surface area (TPSA) is 125 Å². The average molecular weight is 334 g/mol. The molecule has 0 aliphatic heterocycles. The van der Waals surface area contributed by atoms with Crippen LogP contribution in [-0.4, -0.2) is 47.3 Å². The van der Waals surface area contributed by atoms with Crippen LogP contribution in [0.4, 0.5) is 0 Å². The molecule has 23 heavy (non-hydrogen) atoms. The number of aliphatic carboxylic acids is 1. The zero-order valence-electron chi connectivity index (χ0n) is 13.6. The van der Waals surface area contributed by atoms with E-state index in [1.165, 1.54) is 6.92 Å². The van der Waals surface area contributed by atoms with Gasteiger partial charge in [-0.25, -0.2) is 14.4 Å². The van der Waals surface area contributed by atoms with Gasteiger partial charge in [0.1, 0.15) is 11.7 Å². The molecule has 1 N–H and O–H groups in total. The molecule has 0 spiro atoms. The first-order chi connectivity index (χ1) is 10.6. The summed E-state index contributed by atoms with van der Waals surface area (Å²) in [5.41, 5.74) is -1.02. The quantitative estimate of drug-likeness (QED) is 0.284. The van der Waals surface area contributed by atoms with Crippen LogP contribution >= 0.6 is 0 Å². The molecule has 0 saturated carbocycles. The first-order valence-corrected chi connectivity index (χ1v) is 7.05. The Morgan fingerprint density at radius 1 is 1.09 bits per heavy atom. The van der Waals surface area contributed by atoms with Crippen molar-refractivity contribution in [3.8, 4) is 0 Å². The van der Waals surface area contributed by atoms with Crippen molar-refractivity contribution < 1.29 is 43.5 Å². The Hall–Kier alpha value is -2.16. The summed E-state index contributed by atoms with van der Waals surface area (Å²) in [6.45, 7) is 6.49. The maximum absolute atomic E-state index is 11.4. The largest absolute Gasteiger partial charge is 0.473 e. The highest BCUT2D eigenvalue weighted by molar-refractivity contribution is 6.28. The molecule has 0 fully saturated rings. The van der Waals surface area contributed by atoms with E-state index in [9.17, 15) is 19.2 Å². The molecule has 0 heterocycles. The number of hydrogen-bond donors (Lipinski definition) is 1. The van der Waals surface area contributed by atoms with E-state index in [0.717, 1.165) is 0 Å². The lowest BCUT2D eigenvalue weighted by Gasteiger charge is -2.25. The highest BCUT2D eigenvalue weighted by atomic mass is 17.2. The Bertz CT molecular complexity index is 442. The molecule has 0 aliphatic carbocycles. The van der Waals surface area contributed by atoms with Crippen molar-refractivity contribution in [2.24, 2.45) is 0 Å². The zero-order chi connectivity index (χ0) is 18.0. The maximum atomic E-state index is 11.4. The zero-order valence-corrected chi connectivity index (χ0v) is 13.6. The number of hydrogen-bond acceptors (Lipinski definition) is 8. The Labute approximate surface area is 133 Å². The Morgan fingerprint density at radius 2 is 1.65 bits per heavy atom. The molecule has 1 atom stereocenters. The Kier molecular flexibility index (Phi) is 8.86. The first-order valence-electron chi connectivity index (χ1n) is 7.05. The minimum absolute atomic E-state index is 0.0944. The van der Waals surface area contributed by atoms with Gasteiger partial charge in [-0.15, -0.1) is 0 Å². The normalized spacial score (nSPS) is 12.2. The van der Waals surface area contributed by atoms with Crippen molar-refractivity contribution in [3.63, 3.8) is 0 Å². The second-order valence-electron chi connectivity index (χ2n) is 5.33. The minimum Gasteiger partial charge on any atom is -0.473 e. The van der Waals surface area contributed by atoms with Gasteiger partial charge in [-0.2, -0.15) is 4.89 Å². The smallest absolute Gasteiger partial charge is 0.417 e. The molecule has 9 nitrogen and oxygen atoms in total. The lowest BCUT2D eigenvalue weighted by Crippen LogP contribution is -2.33. The van der Waals surface area contributed by atoms with Crippen molar-refractivity contribution in [3.05, 3.63) is 0 Å². The van der Waals surface area contributed by atoms with E-state index in [1.807, 2.05) is 0 Å². The molecule has 1 unspecified atom stereocenters. The number of rotatable bonds is 9. The summed E-state index contributed by atoms with van der Waals surface area (Å²) in [6.07, 6.45) is -0.981. The molecule has 0 aliphatic rings. The van der Waals surface area contributed by atoms with E-state index in [-0.39, 0.29) is 25.9 Å². The second kappa shape index (κ2) is 9.78. The van der Waals surface area contributed by atoms with Gasteiger partial charge < -0.3 is 14.6 Å². The Morgan fingerprint density at radius 3 is 2.17 bits per heavy atom. The number of carbonyl (C=O) groups is 4. The van der Waals surface area contributed by atoms with Gasteiger partial charge in [0, 0.05) is 6.42 Å². The number of ether oxygens (including phenoxy) is 2. The van der Waals surface area contributed by atoms with Crippen LogP contribution in [0, 0.1) is 0 Å². The van der Waals surface area contributed by atoms with Crippen LogP contribution < -0.4 is 0 Å². The fraction of sp³-hybridized carbons (Fsp3) is 0.714. The van der Waals surface area contributed by atoms with Crippen molar-refractivity contribution >= 4 is 23.9 Å². The van der Waals surface area contributed by atoms with E-state index in [0.29, 0.717) is 0 Å². The summed E-state index contributed by atoms with van der Waals surface area (Å²) in [4.78, 5) is 53.4. The van der Waals surface area contributed by atoms with Crippen LogP contribution in [0.3, 0.4) is 0 Å². The average Bonchev–Trinajstić information content (AvgIpc) is 2.42. The van der Waals surface area contributed by atoms with E-state index >= 15 is 0 Å². The second-order valence-corrected chi connectivity index (χ2v) is 5.33. The lowest BCUT2D eigenvalue weighted by molar-refractivity contribution is -0.329. The molecule has 0 aromatic rings. The number of carboxylic acid groups (broad SMARTS) is 1. The van der Waals surface area contributed by atoms with Gasteiger partial charge in [0.2, 0.25) is 0 Å². The number of esters is 2. The first kappa shape index (κ1) is 20.8. The molecular weight excluding hydrogens is 312 g/mol.